The second kappa shape index (κ2) is 13.8. The molecule has 5 heteroatoms. The second-order valence-electron chi connectivity index (χ2n) is 16.9. The molecular weight excluding hydrogens is 775 g/mol. The highest BCUT2D eigenvalue weighted by atomic mass is 32.1. The van der Waals surface area contributed by atoms with E-state index in [1.807, 2.05) is 11.3 Å². The molecule has 2 atom stereocenters. The molecule has 4 nitrogen and oxygen atoms in total. The lowest BCUT2D eigenvalue weighted by atomic mass is 9.87. The molecule has 9 aromatic carbocycles. The maximum atomic E-state index is 6.82. The van der Waals surface area contributed by atoms with Crippen LogP contribution in [0.2, 0.25) is 0 Å². The van der Waals surface area contributed by atoms with Gasteiger partial charge in [-0.05, 0) is 94.4 Å². The molecule has 0 bridgehead atoms. The Hall–Kier alpha value is -7.34. The first kappa shape index (κ1) is 35.4. The van der Waals surface area contributed by atoms with Crippen molar-refractivity contribution in [2.24, 2.45) is 15.9 Å². The summed E-state index contributed by atoms with van der Waals surface area (Å²) in [5.74, 6) is 0.948. The van der Waals surface area contributed by atoms with E-state index in [-0.39, 0.29) is 12.0 Å². The smallest absolute Gasteiger partial charge is 0.155 e. The predicted molar refractivity (Wildman–Crippen MR) is 263 cm³/mol. The number of para-hydroxylation sites is 2. The van der Waals surface area contributed by atoms with Crippen LogP contribution in [0.4, 0.5) is 0 Å². The SMILES string of the molecule is CC1CCC(c2cccc3c2sc2ccccc23)=NC(c2ccc3ccccc3c2)=NC1c1cc(-n2c3ccccc3c3cc4ccccc4cc32)c2c(c1)oc1ccccc12. The molecule has 0 saturated heterocycles. The molecule has 0 fully saturated rings. The predicted octanol–water partition coefficient (Wildman–Crippen LogP) is 15.8. The maximum absolute atomic E-state index is 6.82. The lowest BCUT2D eigenvalue weighted by Crippen LogP contribution is -2.18. The summed E-state index contributed by atoms with van der Waals surface area (Å²) < 4.78 is 11.9. The number of nitrogens with zero attached hydrogens (tertiary/aromatic N) is 3. The molecule has 3 aromatic heterocycles. The Labute approximate surface area is 361 Å². The van der Waals surface area contributed by atoms with Crippen LogP contribution in [0.25, 0.3) is 91.1 Å². The Morgan fingerprint density at radius 2 is 1.27 bits per heavy atom. The van der Waals surface area contributed by atoms with Crippen LogP contribution in [0.1, 0.15) is 42.5 Å². The molecular formula is C57H39N3OS. The number of furan rings is 1. The van der Waals surface area contributed by atoms with Gasteiger partial charge in [-0.15, -0.1) is 11.3 Å². The van der Waals surface area contributed by atoms with Gasteiger partial charge in [0.1, 0.15) is 11.2 Å². The zero-order valence-electron chi connectivity index (χ0n) is 34.0. The molecule has 0 spiro atoms. The maximum Gasteiger partial charge on any atom is 0.155 e. The molecule has 0 N–H and O–H groups in total. The third-order valence-electron chi connectivity index (χ3n) is 13.2. The van der Waals surface area contributed by atoms with Gasteiger partial charge < -0.3 is 8.98 Å². The van der Waals surface area contributed by atoms with Crippen molar-refractivity contribution >= 4 is 108 Å². The van der Waals surface area contributed by atoms with Gasteiger partial charge in [0.15, 0.2) is 5.84 Å². The molecule has 1 aliphatic heterocycles. The van der Waals surface area contributed by atoms with Gasteiger partial charge in [-0.3, -0.25) is 4.99 Å². The molecule has 2 unspecified atom stereocenters. The number of rotatable bonds is 4. The van der Waals surface area contributed by atoms with E-state index in [0.29, 0.717) is 0 Å². The minimum atomic E-state index is -0.188. The van der Waals surface area contributed by atoms with Crippen molar-refractivity contribution in [3.8, 4) is 5.69 Å². The number of hydrogen-bond acceptors (Lipinski definition) is 4. The van der Waals surface area contributed by atoms with Crippen LogP contribution < -0.4 is 0 Å². The van der Waals surface area contributed by atoms with Crippen LogP contribution in [0, 0.1) is 5.92 Å². The van der Waals surface area contributed by atoms with E-state index in [1.165, 1.54) is 63.6 Å². The van der Waals surface area contributed by atoms with Crippen LogP contribution in [-0.2, 0) is 0 Å². The van der Waals surface area contributed by atoms with Gasteiger partial charge in [0, 0.05) is 47.5 Å². The average Bonchev–Trinajstić information content (AvgIpc) is 3.99. The first-order chi connectivity index (χ1) is 30.6. The number of thiophene rings is 1. The van der Waals surface area contributed by atoms with E-state index in [4.69, 9.17) is 14.4 Å². The summed E-state index contributed by atoms with van der Waals surface area (Å²) in [6, 6.07) is 65.8. The fraction of sp³-hybridized carbons (Fsp3) is 0.0877. The molecule has 62 heavy (non-hydrogen) atoms. The van der Waals surface area contributed by atoms with Gasteiger partial charge in [0.2, 0.25) is 0 Å². The molecule has 0 aliphatic carbocycles. The second-order valence-corrected chi connectivity index (χ2v) is 17.9. The van der Waals surface area contributed by atoms with E-state index >= 15 is 0 Å². The summed E-state index contributed by atoms with van der Waals surface area (Å²) in [7, 11) is 0. The lowest BCUT2D eigenvalue weighted by Gasteiger charge is -2.26. The van der Waals surface area contributed by atoms with E-state index in [2.05, 4.69) is 193 Å². The Morgan fingerprint density at radius 3 is 2.15 bits per heavy atom. The quantitative estimate of drug-likeness (QED) is 0.174. The van der Waals surface area contributed by atoms with Crippen molar-refractivity contribution in [1.29, 1.82) is 0 Å². The normalized spacial score (nSPS) is 16.2. The monoisotopic (exact) mass is 813 g/mol. The minimum absolute atomic E-state index is 0.188. The molecule has 12 aromatic rings. The standard InChI is InChI=1S/C57H39N3OS/c1-34-25-28-47(44-21-12-20-43-42-18-8-11-24-53(42)62-56(43)44)58-57(39-27-26-35-13-2-3-14-36(35)29-39)59-55(34)40-32-50(54-45-19-7-10-23-51(45)61-52(54)33-40)60-48-22-9-6-17-41(48)46-30-37-15-4-5-16-38(37)31-49(46)60/h2-24,26-27,29-34,55H,25,28H2,1H3. The van der Waals surface area contributed by atoms with Crippen LogP contribution in [0.15, 0.2) is 196 Å². The van der Waals surface area contributed by atoms with Crippen LogP contribution in [0.5, 0.6) is 0 Å². The van der Waals surface area contributed by atoms with Crippen molar-refractivity contribution < 1.29 is 4.42 Å². The molecule has 294 valence electrons. The van der Waals surface area contributed by atoms with E-state index < -0.39 is 0 Å². The molecule has 0 radical (unpaired) electrons. The van der Waals surface area contributed by atoms with Crippen molar-refractivity contribution in [3.05, 3.63) is 199 Å². The minimum Gasteiger partial charge on any atom is -0.456 e. The zero-order chi connectivity index (χ0) is 40.9. The largest absolute Gasteiger partial charge is 0.456 e. The molecule has 1 aliphatic rings. The molecule has 4 heterocycles. The van der Waals surface area contributed by atoms with Crippen LogP contribution in [0.3, 0.4) is 0 Å². The Bertz CT molecular complexity index is 3860. The molecule has 0 saturated carbocycles. The lowest BCUT2D eigenvalue weighted by molar-refractivity contribution is 0.446. The first-order valence-corrected chi connectivity index (χ1v) is 22.4. The summed E-state index contributed by atoms with van der Waals surface area (Å²) in [6.07, 6.45) is 1.76. The Kier molecular flexibility index (Phi) is 7.91. The van der Waals surface area contributed by atoms with Crippen LogP contribution in [-0.4, -0.2) is 16.1 Å². The van der Waals surface area contributed by atoms with Gasteiger partial charge in [-0.25, -0.2) is 4.99 Å². The van der Waals surface area contributed by atoms with Gasteiger partial charge in [-0.1, -0.05) is 140 Å². The third kappa shape index (κ3) is 5.51. The molecule has 13 rings (SSSR count). The number of aromatic nitrogens is 1. The fourth-order valence-corrected chi connectivity index (χ4v) is 11.4. The first-order valence-electron chi connectivity index (χ1n) is 21.6. The van der Waals surface area contributed by atoms with E-state index in [0.717, 1.165) is 68.7 Å². The highest BCUT2D eigenvalue weighted by Gasteiger charge is 2.28. The van der Waals surface area contributed by atoms with Gasteiger partial charge in [0.05, 0.1) is 33.9 Å². The average molecular weight is 814 g/mol. The van der Waals surface area contributed by atoms with Crippen molar-refractivity contribution in [2.75, 3.05) is 0 Å². The number of amidine groups is 1. The Balaban J connectivity index is 1.07. The molecule has 0 amide bonds. The van der Waals surface area contributed by atoms with Crippen molar-refractivity contribution in [3.63, 3.8) is 0 Å². The summed E-state index contributed by atoms with van der Waals surface area (Å²) in [5, 5.41) is 12.1. The number of fused-ring (bicyclic) bond motifs is 11. The highest BCUT2D eigenvalue weighted by molar-refractivity contribution is 7.26. The fourth-order valence-electron chi connectivity index (χ4n) is 10.1. The van der Waals surface area contributed by atoms with E-state index in [9.17, 15) is 0 Å². The zero-order valence-corrected chi connectivity index (χ0v) is 34.9. The van der Waals surface area contributed by atoms with Crippen molar-refractivity contribution in [2.45, 2.75) is 25.8 Å². The number of hydrogen-bond donors (Lipinski definition) is 0. The summed E-state index contributed by atoms with van der Waals surface area (Å²) in [6.45, 7) is 2.37. The van der Waals surface area contributed by atoms with Gasteiger partial charge in [-0.2, -0.15) is 0 Å². The van der Waals surface area contributed by atoms with Crippen LogP contribution >= 0.6 is 11.3 Å². The van der Waals surface area contributed by atoms with E-state index in [1.54, 1.807) is 0 Å². The number of benzene rings is 9. The summed E-state index contributed by atoms with van der Waals surface area (Å²) >= 11 is 1.86. The highest BCUT2D eigenvalue weighted by Crippen LogP contribution is 2.44. The Morgan fingerprint density at radius 1 is 0.565 bits per heavy atom. The third-order valence-corrected chi connectivity index (χ3v) is 14.4. The summed E-state index contributed by atoms with van der Waals surface area (Å²) in [4.78, 5) is 11.4. The van der Waals surface area contributed by atoms with Gasteiger partial charge in [0.25, 0.3) is 0 Å². The van der Waals surface area contributed by atoms with Gasteiger partial charge >= 0.3 is 0 Å². The number of aliphatic imine (C=N–C) groups is 2. The van der Waals surface area contributed by atoms with Crippen molar-refractivity contribution in [1.82, 2.24) is 4.57 Å². The summed E-state index contributed by atoms with van der Waals surface area (Å²) in [5.41, 5.74) is 9.60. The topological polar surface area (TPSA) is 42.8 Å².